The van der Waals surface area contributed by atoms with E-state index in [2.05, 4.69) is 12.2 Å². The van der Waals surface area contributed by atoms with Crippen LogP contribution >= 0.6 is 0 Å². The lowest BCUT2D eigenvalue weighted by Crippen LogP contribution is -2.61. The summed E-state index contributed by atoms with van der Waals surface area (Å²) in [6.45, 7) is 6.78. The van der Waals surface area contributed by atoms with Crippen molar-refractivity contribution in [1.29, 1.82) is 0 Å². The number of aliphatic hydroxyl groups excluding tert-OH is 1. The molecule has 226 valence electrons. The molecule has 10 nitrogen and oxygen atoms in total. The Morgan fingerprint density at radius 3 is 2.54 bits per heavy atom. The number of ketones is 2. The van der Waals surface area contributed by atoms with E-state index in [-0.39, 0.29) is 55.1 Å². The van der Waals surface area contributed by atoms with E-state index in [4.69, 9.17) is 4.74 Å². The van der Waals surface area contributed by atoms with Gasteiger partial charge < -0.3 is 25.4 Å². The summed E-state index contributed by atoms with van der Waals surface area (Å²) in [5, 5.41) is 35.0. The first-order chi connectivity index (χ1) is 19.2. The molecule has 0 bridgehead atoms. The average molecular weight is 574 g/mol. The van der Waals surface area contributed by atoms with Gasteiger partial charge in [0.1, 0.15) is 11.6 Å². The Kier molecular flexibility index (Phi) is 8.67. The number of amides is 1. The lowest BCUT2D eigenvalue weighted by atomic mass is 9.46. The van der Waals surface area contributed by atoms with Crippen molar-refractivity contribution in [2.75, 3.05) is 6.61 Å². The fraction of sp³-hybridized carbons (Fsp3) is 0.710. The van der Waals surface area contributed by atoms with E-state index in [1.165, 1.54) is 0 Å². The maximum Gasteiger partial charge on any atom is 0.326 e. The molecule has 1 amide bonds. The number of rotatable bonds is 10. The highest BCUT2D eigenvalue weighted by atomic mass is 16.5. The molecule has 0 radical (unpaired) electrons. The van der Waals surface area contributed by atoms with Crippen LogP contribution in [0.5, 0.6) is 0 Å². The van der Waals surface area contributed by atoms with E-state index in [1.54, 1.807) is 19.1 Å². The number of fused-ring (bicyclic) bond motifs is 5. The topological polar surface area (TPSA) is 167 Å². The average Bonchev–Trinajstić information content (AvgIpc) is 3.19. The Balaban J connectivity index is 1.37. The monoisotopic (exact) mass is 573 g/mol. The molecule has 3 saturated carbocycles. The third-order valence-corrected chi connectivity index (χ3v) is 10.8. The molecule has 9 atom stereocenters. The number of carbonyl (C=O) groups is 5. The molecule has 0 spiro atoms. The summed E-state index contributed by atoms with van der Waals surface area (Å²) in [6, 6.07) is -1.06. The smallest absolute Gasteiger partial charge is 0.326 e. The van der Waals surface area contributed by atoms with Crippen LogP contribution in [0.15, 0.2) is 23.8 Å². The van der Waals surface area contributed by atoms with Crippen LogP contribution in [0.1, 0.15) is 79.1 Å². The highest BCUT2D eigenvalue weighted by molar-refractivity contribution is 6.01. The first-order valence-electron chi connectivity index (χ1n) is 14.7. The molecule has 0 aromatic carbocycles. The van der Waals surface area contributed by atoms with Crippen molar-refractivity contribution in [1.82, 2.24) is 5.32 Å². The summed E-state index contributed by atoms with van der Waals surface area (Å²) in [5.41, 5.74) is -2.12. The lowest BCUT2D eigenvalue weighted by Gasteiger charge is -2.59. The molecule has 0 aromatic rings. The number of carbonyl (C=O) groups excluding carboxylic acids is 4. The summed E-state index contributed by atoms with van der Waals surface area (Å²) in [4.78, 5) is 61.4. The van der Waals surface area contributed by atoms with Gasteiger partial charge in [0.15, 0.2) is 12.4 Å². The van der Waals surface area contributed by atoms with Gasteiger partial charge in [-0.1, -0.05) is 45.8 Å². The molecule has 0 aliphatic heterocycles. The van der Waals surface area contributed by atoms with Gasteiger partial charge >= 0.3 is 11.9 Å². The molecule has 0 saturated heterocycles. The largest absolute Gasteiger partial charge is 0.480 e. The number of hydrogen-bond donors (Lipinski definition) is 4. The number of allylic oxidation sites excluding steroid dienone is 4. The van der Waals surface area contributed by atoms with E-state index in [0.717, 1.165) is 18.4 Å². The molecule has 10 heteroatoms. The minimum absolute atomic E-state index is 0.0265. The highest BCUT2D eigenvalue weighted by Crippen LogP contribution is 2.67. The van der Waals surface area contributed by atoms with Crippen LogP contribution in [-0.2, 0) is 28.7 Å². The molecule has 4 aliphatic carbocycles. The number of hydrogen-bond acceptors (Lipinski definition) is 8. The number of aliphatic hydroxyl groups is 2. The van der Waals surface area contributed by atoms with Crippen LogP contribution in [0, 0.1) is 34.5 Å². The predicted octanol–water partition coefficient (Wildman–Crippen LogP) is 2.50. The van der Waals surface area contributed by atoms with Crippen LogP contribution in [0.25, 0.3) is 0 Å². The van der Waals surface area contributed by atoms with Crippen molar-refractivity contribution < 1.29 is 44.0 Å². The van der Waals surface area contributed by atoms with Gasteiger partial charge in [-0.3, -0.25) is 19.2 Å². The number of aliphatic carboxylic acids is 1. The third-order valence-electron chi connectivity index (χ3n) is 10.8. The number of nitrogens with one attached hydrogen (secondary N) is 1. The van der Waals surface area contributed by atoms with E-state index >= 15 is 0 Å². The molecule has 41 heavy (non-hydrogen) atoms. The van der Waals surface area contributed by atoms with Crippen molar-refractivity contribution >= 4 is 29.4 Å². The zero-order valence-corrected chi connectivity index (χ0v) is 24.4. The van der Waals surface area contributed by atoms with Crippen LogP contribution in [0.4, 0.5) is 0 Å². The summed E-state index contributed by atoms with van der Waals surface area (Å²) in [5.74, 6) is -3.61. The first kappa shape index (κ1) is 31.1. The third kappa shape index (κ3) is 5.41. The van der Waals surface area contributed by atoms with E-state index in [9.17, 15) is 39.3 Å². The second kappa shape index (κ2) is 11.4. The van der Waals surface area contributed by atoms with Crippen LogP contribution in [-0.4, -0.2) is 69.1 Å². The molecular formula is C31H43NO9. The second-order valence-corrected chi connectivity index (χ2v) is 13.0. The van der Waals surface area contributed by atoms with Crippen LogP contribution < -0.4 is 5.32 Å². The van der Waals surface area contributed by atoms with Gasteiger partial charge in [0.25, 0.3) is 0 Å². The molecule has 3 fully saturated rings. The summed E-state index contributed by atoms with van der Waals surface area (Å²) in [6.07, 6.45) is 6.76. The summed E-state index contributed by atoms with van der Waals surface area (Å²) in [7, 11) is 0. The Morgan fingerprint density at radius 2 is 1.88 bits per heavy atom. The maximum atomic E-state index is 13.4. The Labute approximate surface area is 240 Å². The Bertz CT molecular complexity index is 1180. The van der Waals surface area contributed by atoms with E-state index in [1.807, 2.05) is 19.9 Å². The SMILES string of the molecule is CCC(C)C(NC(=O)CCC(=O)OCC(=O)[C@@]1(O)CCC2[C@@H]3CCC4=CC(=O)C=C[C@]4(C)C3[C@@H](O)C[C@@]21C)C(=O)O. The second-order valence-electron chi connectivity index (χ2n) is 13.0. The molecule has 4 aliphatic rings. The van der Waals surface area contributed by atoms with Crippen molar-refractivity contribution in [2.24, 2.45) is 34.5 Å². The number of esters is 1. The van der Waals surface area contributed by atoms with Gasteiger partial charge in [0, 0.05) is 23.2 Å². The van der Waals surface area contributed by atoms with E-state index < -0.39 is 58.8 Å². The lowest BCUT2D eigenvalue weighted by molar-refractivity contribution is -0.181. The standard InChI is InChI=1S/C31H43NO9/c1-5-17(2)27(28(38)39)32-24(36)8-9-25(37)41-16-23(35)31(40)13-11-21-20-7-6-18-14-19(33)10-12-29(18,3)26(20)22(34)15-30(21,31)4/h10,12,14,17,20-22,26-27,34,40H,5-9,11,13,15-16H2,1-4H3,(H,32,36)(H,38,39)/t17?,20-,21?,22-,26?,27?,29-,30-,31-/m0/s1. The fourth-order valence-electron chi connectivity index (χ4n) is 8.27. The number of ether oxygens (including phenoxy) is 1. The molecule has 4 rings (SSSR count). The normalized spacial score (nSPS) is 37.1. The van der Waals surface area contributed by atoms with Gasteiger partial charge in [0.2, 0.25) is 11.7 Å². The fourth-order valence-corrected chi connectivity index (χ4v) is 8.27. The predicted molar refractivity (Wildman–Crippen MR) is 147 cm³/mol. The number of carboxylic acid groups (broad SMARTS) is 1. The Hall–Kier alpha value is -2.85. The maximum absolute atomic E-state index is 13.4. The van der Waals surface area contributed by atoms with Crippen molar-refractivity contribution in [3.05, 3.63) is 23.8 Å². The molecule has 4 unspecified atom stereocenters. The number of Topliss-reactive ketones (excluding diaryl/α,β-unsaturated/α-hetero) is 1. The van der Waals surface area contributed by atoms with Gasteiger partial charge in [-0.2, -0.15) is 0 Å². The minimum Gasteiger partial charge on any atom is -0.480 e. The summed E-state index contributed by atoms with van der Waals surface area (Å²) >= 11 is 0. The van der Waals surface area contributed by atoms with Gasteiger partial charge in [-0.25, -0.2) is 4.79 Å². The number of carboxylic acids is 1. The van der Waals surface area contributed by atoms with Crippen LogP contribution in [0.3, 0.4) is 0 Å². The Morgan fingerprint density at radius 1 is 1.17 bits per heavy atom. The zero-order chi connectivity index (χ0) is 30.3. The van der Waals surface area contributed by atoms with Crippen molar-refractivity contribution in [3.8, 4) is 0 Å². The minimum atomic E-state index is -1.78. The van der Waals surface area contributed by atoms with E-state index in [0.29, 0.717) is 12.8 Å². The van der Waals surface area contributed by atoms with Gasteiger partial charge in [0.05, 0.1) is 12.5 Å². The molecule has 0 aromatic heterocycles. The van der Waals surface area contributed by atoms with Crippen molar-refractivity contribution in [2.45, 2.75) is 96.8 Å². The first-order valence-corrected chi connectivity index (χ1v) is 14.7. The van der Waals surface area contributed by atoms with Gasteiger partial charge in [-0.05, 0) is 62.0 Å². The quantitative estimate of drug-likeness (QED) is 0.287. The molecule has 0 heterocycles. The van der Waals surface area contributed by atoms with Crippen LogP contribution in [0.2, 0.25) is 0 Å². The highest BCUT2D eigenvalue weighted by Gasteiger charge is 2.68. The van der Waals surface area contributed by atoms with Gasteiger partial charge in [-0.15, -0.1) is 0 Å². The molecular weight excluding hydrogens is 530 g/mol. The van der Waals surface area contributed by atoms with Crippen molar-refractivity contribution in [3.63, 3.8) is 0 Å². The summed E-state index contributed by atoms with van der Waals surface area (Å²) < 4.78 is 5.15. The molecule has 4 N–H and O–H groups in total. The zero-order valence-electron chi connectivity index (χ0n) is 24.4.